The third-order valence-electron chi connectivity index (χ3n) is 5.13. The molecule has 3 atom stereocenters. The monoisotopic (exact) mass is 254 g/mol. The molecule has 0 N–H and O–H groups in total. The summed E-state index contributed by atoms with van der Waals surface area (Å²) in [6.07, 6.45) is 8.29. The van der Waals surface area contributed by atoms with E-state index in [2.05, 4.69) is 48.5 Å². The highest BCUT2D eigenvalue weighted by atomic mass is 14.3. The Hall–Kier alpha value is 0. The van der Waals surface area contributed by atoms with Gasteiger partial charge in [0.15, 0.2) is 0 Å². The van der Waals surface area contributed by atoms with Gasteiger partial charge in [0, 0.05) is 0 Å². The molecule has 0 aliphatic rings. The quantitative estimate of drug-likeness (QED) is 0.415. The maximum Gasteiger partial charge on any atom is -0.0363 e. The van der Waals surface area contributed by atoms with Crippen LogP contribution < -0.4 is 0 Å². The minimum absolute atomic E-state index is 0.853. The molecule has 0 nitrogen and oxygen atoms in total. The van der Waals surface area contributed by atoms with Crippen molar-refractivity contribution in [1.82, 2.24) is 0 Å². The molecule has 0 rings (SSSR count). The highest BCUT2D eigenvalue weighted by Crippen LogP contribution is 2.35. The molecule has 0 bridgehead atoms. The predicted molar refractivity (Wildman–Crippen MR) is 84.9 cm³/mol. The lowest BCUT2D eigenvalue weighted by molar-refractivity contribution is 0.169. The summed E-state index contributed by atoms with van der Waals surface area (Å²) < 4.78 is 0. The van der Waals surface area contributed by atoms with Gasteiger partial charge in [0.1, 0.15) is 0 Å². The maximum absolute atomic E-state index is 2.51. The van der Waals surface area contributed by atoms with E-state index in [1.54, 1.807) is 0 Å². The van der Waals surface area contributed by atoms with Gasteiger partial charge in [-0.1, -0.05) is 80.6 Å². The van der Waals surface area contributed by atoms with Crippen LogP contribution in [0, 0.1) is 29.6 Å². The van der Waals surface area contributed by atoms with E-state index in [0.717, 1.165) is 29.6 Å². The van der Waals surface area contributed by atoms with Crippen LogP contribution in [0.15, 0.2) is 0 Å². The van der Waals surface area contributed by atoms with Crippen molar-refractivity contribution >= 4 is 0 Å². The SMILES string of the molecule is CCCC(CC(C)C(CC)C(CC)CC)C(C)C. The van der Waals surface area contributed by atoms with Crippen LogP contribution in [0.1, 0.15) is 87.0 Å². The van der Waals surface area contributed by atoms with Crippen molar-refractivity contribution in [2.24, 2.45) is 29.6 Å². The van der Waals surface area contributed by atoms with E-state index in [4.69, 9.17) is 0 Å². The highest BCUT2D eigenvalue weighted by Gasteiger charge is 2.26. The fraction of sp³-hybridized carbons (Fsp3) is 1.00. The number of hydrogen-bond acceptors (Lipinski definition) is 0. The molecule has 18 heavy (non-hydrogen) atoms. The molecule has 0 heterocycles. The van der Waals surface area contributed by atoms with Gasteiger partial charge in [0.25, 0.3) is 0 Å². The van der Waals surface area contributed by atoms with E-state index in [-0.39, 0.29) is 0 Å². The van der Waals surface area contributed by atoms with E-state index >= 15 is 0 Å². The van der Waals surface area contributed by atoms with Crippen LogP contribution in [0.4, 0.5) is 0 Å². The Morgan fingerprint density at radius 2 is 1.28 bits per heavy atom. The second-order valence-electron chi connectivity index (χ2n) is 6.65. The van der Waals surface area contributed by atoms with Crippen LogP contribution in [0.3, 0.4) is 0 Å². The Balaban J connectivity index is 4.52. The third kappa shape index (κ3) is 5.76. The van der Waals surface area contributed by atoms with Gasteiger partial charge in [0.2, 0.25) is 0 Å². The maximum atomic E-state index is 2.51. The lowest BCUT2D eigenvalue weighted by atomic mass is 9.72. The first-order chi connectivity index (χ1) is 8.51. The molecule has 0 aromatic rings. The van der Waals surface area contributed by atoms with Crippen molar-refractivity contribution in [1.29, 1.82) is 0 Å². The average Bonchev–Trinajstić information content (AvgIpc) is 2.34. The molecular weight excluding hydrogens is 216 g/mol. The van der Waals surface area contributed by atoms with E-state index in [1.807, 2.05) is 0 Å². The Kier molecular flexibility index (Phi) is 9.87. The van der Waals surface area contributed by atoms with Crippen LogP contribution in [0.2, 0.25) is 0 Å². The molecule has 0 fully saturated rings. The van der Waals surface area contributed by atoms with Crippen LogP contribution in [0.25, 0.3) is 0 Å². The van der Waals surface area contributed by atoms with E-state index < -0.39 is 0 Å². The molecule has 0 aliphatic heterocycles. The van der Waals surface area contributed by atoms with Crippen molar-refractivity contribution in [3.05, 3.63) is 0 Å². The van der Waals surface area contributed by atoms with Crippen LogP contribution in [-0.4, -0.2) is 0 Å². The molecule has 0 radical (unpaired) electrons. The second kappa shape index (κ2) is 9.87. The molecule has 0 aromatic heterocycles. The van der Waals surface area contributed by atoms with Crippen molar-refractivity contribution in [3.8, 4) is 0 Å². The predicted octanol–water partition coefficient (Wildman–Crippen LogP) is 6.55. The standard InChI is InChI=1S/C18H38/c1-8-12-17(14(5)6)13-15(7)18(11-4)16(9-2)10-3/h14-18H,8-13H2,1-7H3. The van der Waals surface area contributed by atoms with Gasteiger partial charge in [-0.3, -0.25) is 0 Å². The zero-order valence-electron chi connectivity index (χ0n) is 14.1. The molecule has 0 saturated carbocycles. The van der Waals surface area contributed by atoms with Gasteiger partial charge in [-0.15, -0.1) is 0 Å². The molecule has 0 aliphatic carbocycles. The fourth-order valence-corrected chi connectivity index (χ4v) is 3.84. The van der Waals surface area contributed by atoms with E-state index in [1.165, 1.54) is 38.5 Å². The third-order valence-corrected chi connectivity index (χ3v) is 5.13. The molecule has 0 aromatic carbocycles. The van der Waals surface area contributed by atoms with Gasteiger partial charge < -0.3 is 0 Å². The fourth-order valence-electron chi connectivity index (χ4n) is 3.84. The van der Waals surface area contributed by atoms with Crippen LogP contribution >= 0.6 is 0 Å². The summed E-state index contributed by atoms with van der Waals surface area (Å²) in [6.45, 7) is 16.8. The van der Waals surface area contributed by atoms with Gasteiger partial charge >= 0.3 is 0 Å². The summed E-state index contributed by atoms with van der Waals surface area (Å²) >= 11 is 0. The Morgan fingerprint density at radius 1 is 0.722 bits per heavy atom. The van der Waals surface area contributed by atoms with Crippen molar-refractivity contribution < 1.29 is 0 Å². The lowest BCUT2D eigenvalue weighted by Crippen LogP contribution is -2.24. The first kappa shape index (κ1) is 18.0. The van der Waals surface area contributed by atoms with Crippen LogP contribution in [-0.2, 0) is 0 Å². The number of rotatable bonds is 10. The zero-order chi connectivity index (χ0) is 14.1. The Labute approximate surface area is 117 Å². The molecule has 0 spiro atoms. The first-order valence-electron chi connectivity index (χ1n) is 8.51. The molecule has 3 unspecified atom stereocenters. The zero-order valence-corrected chi connectivity index (χ0v) is 14.1. The van der Waals surface area contributed by atoms with Crippen molar-refractivity contribution in [2.75, 3.05) is 0 Å². The smallest absolute Gasteiger partial charge is 0.0363 e. The second-order valence-corrected chi connectivity index (χ2v) is 6.65. The lowest BCUT2D eigenvalue weighted by Gasteiger charge is -2.33. The minimum atomic E-state index is 0.853. The summed E-state index contributed by atoms with van der Waals surface area (Å²) in [5.74, 6) is 4.58. The average molecular weight is 255 g/mol. The summed E-state index contributed by atoms with van der Waals surface area (Å²) in [4.78, 5) is 0. The molecule has 110 valence electrons. The van der Waals surface area contributed by atoms with E-state index in [9.17, 15) is 0 Å². The first-order valence-corrected chi connectivity index (χ1v) is 8.51. The topological polar surface area (TPSA) is 0 Å². The van der Waals surface area contributed by atoms with Gasteiger partial charge in [-0.25, -0.2) is 0 Å². The van der Waals surface area contributed by atoms with Gasteiger partial charge in [-0.2, -0.15) is 0 Å². The van der Waals surface area contributed by atoms with Crippen molar-refractivity contribution in [3.63, 3.8) is 0 Å². The highest BCUT2D eigenvalue weighted by molar-refractivity contribution is 4.76. The molecule has 0 heteroatoms. The van der Waals surface area contributed by atoms with Crippen LogP contribution in [0.5, 0.6) is 0 Å². The largest absolute Gasteiger partial charge is 0.0654 e. The Bertz CT molecular complexity index is 178. The summed E-state index contributed by atoms with van der Waals surface area (Å²) in [5.41, 5.74) is 0. The summed E-state index contributed by atoms with van der Waals surface area (Å²) in [7, 11) is 0. The minimum Gasteiger partial charge on any atom is -0.0654 e. The van der Waals surface area contributed by atoms with E-state index in [0.29, 0.717) is 0 Å². The molecule has 0 saturated heterocycles. The molecular formula is C18H38. The summed E-state index contributed by atoms with van der Waals surface area (Å²) in [6, 6.07) is 0. The molecule has 0 amide bonds. The Morgan fingerprint density at radius 3 is 1.61 bits per heavy atom. The van der Waals surface area contributed by atoms with Gasteiger partial charge in [-0.05, 0) is 36.0 Å². The van der Waals surface area contributed by atoms with Gasteiger partial charge in [0.05, 0.1) is 0 Å². The summed E-state index contributed by atoms with van der Waals surface area (Å²) in [5, 5.41) is 0. The number of hydrogen-bond donors (Lipinski definition) is 0. The van der Waals surface area contributed by atoms with Crippen molar-refractivity contribution in [2.45, 2.75) is 87.0 Å². The normalized spacial score (nSPS) is 17.2.